The molecule has 3 aromatic rings. The molecule has 1 heterocycles. The van der Waals surface area contributed by atoms with Crippen LogP contribution in [0.1, 0.15) is 17.4 Å². The molecule has 0 saturated carbocycles. The number of amides is 1. The molecule has 6 heteroatoms. The zero-order chi connectivity index (χ0) is 19.2. The maximum absolute atomic E-state index is 12.2. The maximum Gasteiger partial charge on any atom is 0.264 e. The molecule has 140 valence electrons. The molecular formula is C21H22N2O3S. The van der Waals surface area contributed by atoms with Crippen molar-refractivity contribution < 1.29 is 14.3 Å². The highest BCUT2D eigenvalue weighted by atomic mass is 32.1. The zero-order valence-corrected chi connectivity index (χ0v) is 16.4. The Kier molecular flexibility index (Phi) is 6.08. The lowest BCUT2D eigenvalue weighted by Gasteiger charge is -2.07. The van der Waals surface area contributed by atoms with Gasteiger partial charge in [0.1, 0.15) is 11.5 Å². The zero-order valence-electron chi connectivity index (χ0n) is 15.6. The number of ether oxygens (including phenoxy) is 2. The van der Waals surface area contributed by atoms with E-state index >= 15 is 0 Å². The van der Waals surface area contributed by atoms with E-state index in [0.29, 0.717) is 10.9 Å². The smallest absolute Gasteiger partial charge is 0.264 e. The minimum Gasteiger partial charge on any atom is -0.497 e. The first kappa shape index (κ1) is 18.9. The monoisotopic (exact) mass is 382 g/mol. The van der Waals surface area contributed by atoms with Crippen LogP contribution in [0, 0.1) is 6.92 Å². The minimum atomic E-state index is -0.230. The number of carbonyl (C=O) groups is 1. The number of thiazole rings is 1. The van der Waals surface area contributed by atoms with Crippen molar-refractivity contribution in [1.82, 2.24) is 4.98 Å². The van der Waals surface area contributed by atoms with Crippen LogP contribution >= 0.6 is 11.3 Å². The number of rotatable bonds is 7. The van der Waals surface area contributed by atoms with Crippen molar-refractivity contribution in [3.05, 3.63) is 59.0 Å². The summed E-state index contributed by atoms with van der Waals surface area (Å²) in [5.74, 6) is 1.26. The van der Waals surface area contributed by atoms with Gasteiger partial charge in [-0.25, -0.2) is 4.98 Å². The van der Waals surface area contributed by atoms with E-state index in [9.17, 15) is 4.79 Å². The fourth-order valence-electron chi connectivity index (χ4n) is 2.63. The molecule has 0 unspecified atom stereocenters. The van der Waals surface area contributed by atoms with Crippen LogP contribution in [0.15, 0.2) is 48.5 Å². The summed E-state index contributed by atoms with van der Waals surface area (Å²) >= 11 is 1.45. The van der Waals surface area contributed by atoms with Crippen LogP contribution in [-0.2, 0) is 11.2 Å². The number of nitrogens with one attached hydrogen (secondary N) is 1. The molecule has 27 heavy (non-hydrogen) atoms. The first-order valence-electron chi connectivity index (χ1n) is 8.72. The Morgan fingerprint density at radius 3 is 2.63 bits per heavy atom. The third-order valence-corrected chi connectivity index (χ3v) is 4.97. The van der Waals surface area contributed by atoms with Crippen LogP contribution in [0.25, 0.3) is 11.3 Å². The normalized spacial score (nSPS) is 10.5. The summed E-state index contributed by atoms with van der Waals surface area (Å²) < 4.78 is 10.8. The topological polar surface area (TPSA) is 60.5 Å². The second kappa shape index (κ2) is 8.68. The summed E-state index contributed by atoms with van der Waals surface area (Å²) in [6.07, 6.45) is 0.927. The van der Waals surface area contributed by atoms with Gasteiger partial charge in [-0.3, -0.25) is 10.1 Å². The van der Waals surface area contributed by atoms with E-state index in [4.69, 9.17) is 9.47 Å². The maximum atomic E-state index is 12.2. The molecule has 1 amide bonds. The Morgan fingerprint density at radius 2 is 1.93 bits per heavy atom. The van der Waals surface area contributed by atoms with Crippen molar-refractivity contribution in [3.8, 4) is 22.8 Å². The Balaban J connectivity index is 1.62. The third-order valence-electron chi connectivity index (χ3n) is 4.08. The van der Waals surface area contributed by atoms with Gasteiger partial charge in [-0.05, 0) is 55.3 Å². The predicted octanol–water partition coefficient (Wildman–Crippen LogP) is 4.71. The van der Waals surface area contributed by atoms with Crippen LogP contribution in [0.3, 0.4) is 0 Å². The van der Waals surface area contributed by atoms with Crippen LogP contribution in [0.4, 0.5) is 5.13 Å². The number of hydrogen-bond donors (Lipinski definition) is 1. The van der Waals surface area contributed by atoms with Crippen molar-refractivity contribution in [1.29, 1.82) is 0 Å². The van der Waals surface area contributed by atoms with Crippen molar-refractivity contribution in [2.45, 2.75) is 20.3 Å². The summed E-state index contributed by atoms with van der Waals surface area (Å²) in [6.45, 7) is 4.01. The van der Waals surface area contributed by atoms with Crippen LogP contribution in [-0.4, -0.2) is 24.6 Å². The largest absolute Gasteiger partial charge is 0.497 e. The Hall–Kier alpha value is -2.86. The molecule has 0 bridgehead atoms. The molecule has 0 saturated heterocycles. The minimum absolute atomic E-state index is 0.0519. The Morgan fingerprint density at radius 1 is 1.15 bits per heavy atom. The number of methoxy groups -OCH3 is 1. The lowest BCUT2D eigenvalue weighted by molar-refractivity contribution is -0.118. The van der Waals surface area contributed by atoms with Crippen LogP contribution < -0.4 is 14.8 Å². The van der Waals surface area contributed by atoms with E-state index in [0.717, 1.165) is 28.3 Å². The molecule has 1 aromatic heterocycles. The summed E-state index contributed by atoms with van der Waals surface area (Å²) in [6, 6.07) is 15.5. The summed E-state index contributed by atoms with van der Waals surface area (Å²) in [4.78, 5) is 17.8. The molecule has 1 N–H and O–H groups in total. The van der Waals surface area contributed by atoms with Gasteiger partial charge < -0.3 is 9.47 Å². The van der Waals surface area contributed by atoms with Gasteiger partial charge in [0.15, 0.2) is 11.7 Å². The molecule has 0 aliphatic heterocycles. The second-order valence-corrected chi connectivity index (χ2v) is 7.19. The number of aryl methyl sites for hydroxylation is 2. The standard InChI is InChI=1S/C21H22N2O3S/c1-4-15-6-5-7-18(12-15)26-13-19(24)22-21-23-20(14(2)27-21)16-8-10-17(25-3)11-9-16/h5-12H,4,13H2,1-3H3,(H,22,23,24). The molecule has 5 nitrogen and oxygen atoms in total. The highest BCUT2D eigenvalue weighted by Gasteiger charge is 2.13. The lowest BCUT2D eigenvalue weighted by atomic mass is 10.1. The van der Waals surface area contributed by atoms with Crippen molar-refractivity contribution in [3.63, 3.8) is 0 Å². The van der Waals surface area contributed by atoms with Crippen molar-refractivity contribution in [2.75, 3.05) is 19.0 Å². The van der Waals surface area contributed by atoms with Crippen LogP contribution in [0.2, 0.25) is 0 Å². The number of hydrogen-bond acceptors (Lipinski definition) is 5. The first-order valence-corrected chi connectivity index (χ1v) is 9.54. The number of aromatic nitrogens is 1. The summed E-state index contributed by atoms with van der Waals surface area (Å²) in [5.41, 5.74) is 3.01. The van der Waals surface area contributed by atoms with Gasteiger partial charge in [0.2, 0.25) is 0 Å². The molecule has 3 rings (SSSR count). The highest BCUT2D eigenvalue weighted by molar-refractivity contribution is 7.16. The highest BCUT2D eigenvalue weighted by Crippen LogP contribution is 2.31. The SMILES string of the molecule is CCc1cccc(OCC(=O)Nc2nc(-c3ccc(OC)cc3)c(C)s2)c1. The fraction of sp³-hybridized carbons (Fsp3) is 0.238. The quantitative estimate of drug-likeness (QED) is 0.643. The van der Waals surface area contributed by atoms with Crippen LogP contribution in [0.5, 0.6) is 11.5 Å². The van der Waals surface area contributed by atoms with E-state index in [1.54, 1.807) is 7.11 Å². The Bertz CT molecular complexity index is 919. The van der Waals surface area contributed by atoms with E-state index < -0.39 is 0 Å². The van der Waals surface area contributed by atoms with Gasteiger partial charge in [0, 0.05) is 10.4 Å². The predicted molar refractivity (Wildman–Crippen MR) is 109 cm³/mol. The Labute approximate surface area is 163 Å². The molecule has 0 radical (unpaired) electrons. The molecular weight excluding hydrogens is 360 g/mol. The first-order chi connectivity index (χ1) is 13.1. The fourth-order valence-corrected chi connectivity index (χ4v) is 3.48. The van der Waals surface area contributed by atoms with E-state index in [1.165, 1.54) is 16.9 Å². The average molecular weight is 382 g/mol. The molecule has 0 spiro atoms. The van der Waals surface area contributed by atoms with Gasteiger partial charge in [-0.1, -0.05) is 19.1 Å². The third kappa shape index (κ3) is 4.86. The van der Waals surface area contributed by atoms with Gasteiger partial charge in [0.25, 0.3) is 5.91 Å². The van der Waals surface area contributed by atoms with Gasteiger partial charge in [-0.15, -0.1) is 11.3 Å². The van der Waals surface area contributed by atoms with E-state index in [-0.39, 0.29) is 12.5 Å². The van der Waals surface area contributed by atoms with Gasteiger partial charge in [-0.2, -0.15) is 0 Å². The lowest BCUT2D eigenvalue weighted by Crippen LogP contribution is -2.20. The van der Waals surface area contributed by atoms with E-state index in [1.807, 2.05) is 55.5 Å². The second-order valence-electron chi connectivity index (χ2n) is 5.99. The van der Waals surface area contributed by atoms with Gasteiger partial charge in [0.05, 0.1) is 12.8 Å². The van der Waals surface area contributed by atoms with Gasteiger partial charge >= 0.3 is 0 Å². The molecule has 0 atom stereocenters. The number of benzene rings is 2. The van der Waals surface area contributed by atoms with Crippen molar-refractivity contribution >= 4 is 22.4 Å². The van der Waals surface area contributed by atoms with Crippen molar-refractivity contribution in [2.24, 2.45) is 0 Å². The van der Waals surface area contributed by atoms with E-state index in [2.05, 4.69) is 17.2 Å². The molecule has 2 aromatic carbocycles. The number of carbonyl (C=O) groups excluding carboxylic acids is 1. The molecule has 0 aliphatic rings. The number of nitrogens with zero attached hydrogens (tertiary/aromatic N) is 1. The molecule has 0 aliphatic carbocycles. The average Bonchev–Trinajstić information content (AvgIpc) is 3.06. The number of anilines is 1. The molecule has 0 fully saturated rings. The summed E-state index contributed by atoms with van der Waals surface area (Å²) in [7, 11) is 1.64. The summed E-state index contributed by atoms with van der Waals surface area (Å²) in [5, 5.41) is 3.38.